The van der Waals surface area contributed by atoms with Gasteiger partial charge in [0, 0.05) is 29.9 Å². The topological polar surface area (TPSA) is 111 Å². The molecule has 1 aliphatic heterocycles. The first kappa shape index (κ1) is 14.5. The summed E-state index contributed by atoms with van der Waals surface area (Å²) in [5.74, 6) is 0.590. The second kappa shape index (κ2) is 5.32. The third-order valence-electron chi connectivity index (χ3n) is 4.78. The molecule has 1 unspecified atom stereocenters. The van der Waals surface area contributed by atoms with Crippen LogP contribution in [0, 0.1) is 0 Å². The van der Waals surface area contributed by atoms with E-state index in [1.165, 1.54) is 0 Å². The average Bonchev–Trinajstić information content (AvgIpc) is 3.38. The molecule has 5 rings (SSSR count). The Balaban J connectivity index is 1.76. The first-order valence-electron chi connectivity index (χ1n) is 8.44. The van der Waals surface area contributed by atoms with Gasteiger partial charge in [-0.2, -0.15) is 4.98 Å². The maximum absolute atomic E-state index is 11.7. The van der Waals surface area contributed by atoms with Crippen molar-refractivity contribution >= 4 is 16.9 Å². The fourth-order valence-corrected chi connectivity index (χ4v) is 3.59. The molecule has 0 spiro atoms. The molecule has 0 radical (unpaired) electrons. The van der Waals surface area contributed by atoms with Gasteiger partial charge in [-0.25, -0.2) is 9.78 Å². The SMILES string of the molecule is Nc1[nH]c(=O)nc2c1C(c1cc3cccnc3n1C1CC1)NCCO2. The highest BCUT2D eigenvalue weighted by atomic mass is 16.5. The zero-order chi connectivity index (χ0) is 17.0. The molecule has 4 N–H and O–H groups in total. The van der Waals surface area contributed by atoms with Gasteiger partial charge in [-0.05, 0) is 31.0 Å². The predicted molar refractivity (Wildman–Crippen MR) is 92.6 cm³/mol. The number of nitrogens with zero attached hydrogens (tertiary/aromatic N) is 3. The van der Waals surface area contributed by atoms with Gasteiger partial charge in [0.05, 0.1) is 11.6 Å². The lowest BCUT2D eigenvalue weighted by Gasteiger charge is -2.21. The summed E-state index contributed by atoms with van der Waals surface area (Å²) in [6.07, 6.45) is 4.10. The first-order chi connectivity index (χ1) is 12.2. The van der Waals surface area contributed by atoms with Crippen LogP contribution in [0.5, 0.6) is 5.88 Å². The van der Waals surface area contributed by atoms with Crippen LogP contribution < -0.4 is 21.5 Å². The van der Waals surface area contributed by atoms with Crippen LogP contribution in [0.15, 0.2) is 29.2 Å². The molecule has 128 valence electrons. The van der Waals surface area contributed by atoms with E-state index in [1.54, 1.807) is 0 Å². The standard InChI is InChI=1S/C17H18N6O2/c18-14-12-13(19-6-7-25-16(12)22-17(24)21-14)11-8-9-2-1-5-20-15(9)23(11)10-3-4-10/h1-2,5,8,10,13,19H,3-4,6-7H2,(H3,18,21,22,24). The van der Waals surface area contributed by atoms with E-state index in [4.69, 9.17) is 10.5 Å². The summed E-state index contributed by atoms with van der Waals surface area (Å²) >= 11 is 0. The average molecular weight is 338 g/mol. The summed E-state index contributed by atoms with van der Waals surface area (Å²) in [6.45, 7) is 1.07. The summed E-state index contributed by atoms with van der Waals surface area (Å²) in [6, 6.07) is 6.38. The molecule has 25 heavy (non-hydrogen) atoms. The highest BCUT2D eigenvalue weighted by molar-refractivity contribution is 5.78. The van der Waals surface area contributed by atoms with Crippen LogP contribution >= 0.6 is 0 Å². The van der Waals surface area contributed by atoms with Crippen molar-refractivity contribution in [3.05, 3.63) is 46.1 Å². The minimum absolute atomic E-state index is 0.211. The lowest BCUT2D eigenvalue weighted by atomic mass is 10.0. The number of aromatic amines is 1. The van der Waals surface area contributed by atoms with E-state index in [2.05, 4.69) is 37.0 Å². The van der Waals surface area contributed by atoms with E-state index in [0.717, 1.165) is 29.6 Å². The molecular weight excluding hydrogens is 320 g/mol. The summed E-state index contributed by atoms with van der Waals surface area (Å²) in [5, 5.41) is 4.57. The molecule has 4 heterocycles. The number of rotatable bonds is 2. The normalized spacial score (nSPS) is 20.1. The van der Waals surface area contributed by atoms with Crippen molar-refractivity contribution in [2.75, 3.05) is 18.9 Å². The third-order valence-corrected chi connectivity index (χ3v) is 4.78. The number of nitrogens with one attached hydrogen (secondary N) is 2. The van der Waals surface area contributed by atoms with Gasteiger partial charge < -0.3 is 20.4 Å². The number of pyridine rings is 1. The Morgan fingerprint density at radius 3 is 3.08 bits per heavy atom. The van der Waals surface area contributed by atoms with Crippen molar-refractivity contribution in [2.45, 2.75) is 24.9 Å². The number of fused-ring (bicyclic) bond motifs is 2. The van der Waals surface area contributed by atoms with E-state index in [-0.39, 0.29) is 11.9 Å². The second-order valence-corrected chi connectivity index (χ2v) is 6.50. The number of nitrogens with two attached hydrogens (primary N) is 1. The van der Waals surface area contributed by atoms with Gasteiger partial charge in [-0.3, -0.25) is 4.98 Å². The number of hydrogen-bond acceptors (Lipinski definition) is 6. The molecule has 8 nitrogen and oxygen atoms in total. The van der Waals surface area contributed by atoms with Crippen molar-refractivity contribution in [1.82, 2.24) is 24.8 Å². The van der Waals surface area contributed by atoms with Crippen LogP contribution in [0.1, 0.15) is 36.2 Å². The fraction of sp³-hybridized carbons (Fsp3) is 0.353. The zero-order valence-corrected chi connectivity index (χ0v) is 13.5. The van der Waals surface area contributed by atoms with Crippen LogP contribution in [0.25, 0.3) is 11.0 Å². The highest BCUT2D eigenvalue weighted by Crippen LogP contribution is 2.43. The predicted octanol–water partition coefficient (Wildman–Crippen LogP) is 1.11. The quantitative estimate of drug-likeness (QED) is 0.645. The number of anilines is 1. The second-order valence-electron chi connectivity index (χ2n) is 6.50. The number of hydrogen-bond donors (Lipinski definition) is 3. The Bertz CT molecular complexity index is 1020. The smallest absolute Gasteiger partial charge is 0.349 e. The summed E-state index contributed by atoms with van der Waals surface area (Å²) in [4.78, 5) is 22.8. The minimum atomic E-state index is -0.499. The van der Waals surface area contributed by atoms with Gasteiger partial charge in [0.15, 0.2) is 0 Å². The minimum Gasteiger partial charge on any atom is -0.476 e. The maximum atomic E-state index is 11.7. The summed E-state index contributed by atoms with van der Waals surface area (Å²) in [5.41, 5.74) is 8.37. The lowest BCUT2D eigenvalue weighted by Crippen LogP contribution is -2.27. The van der Waals surface area contributed by atoms with Gasteiger partial charge in [0.25, 0.3) is 0 Å². The van der Waals surface area contributed by atoms with Crippen LogP contribution in [0.4, 0.5) is 5.82 Å². The van der Waals surface area contributed by atoms with Crippen LogP contribution in [0.3, 0.4) is 0 Å². The molecule has 1 saturated carbocycles. The Morgan fingerprint density at radius 1 is 1.36 bits per heavy atom. The van der Waals surface area contributed by atoms with Crippen molar-refractivity contribution in [2.24, 2.45) is 0 Å². The zero-order valence-electron chi connectivity index (χ0n) is 13.5. The number of ether oxygens (including phenoxy) is 1. The number of aromatic nitrogens is 4. The van der Waals surface area contributed by atoms with E-state index in [1.807, 2.05) is 12.3 Å². The molecule has 3 aromatic rings. The molecule has 0 saturated heterocycles. The van der Waals surface area contributed by atoms with Gasteiger partial charge in [0.2, 0.25) is 5.88 Å². The molecule has 1 fully saturated rings. The molecule has 0 amide bonds. The summed E-state index contributed by atoms with van der Waals surface area (Å²) < 4.78 is 7.94. The Kier molecular flexibility index (Phi) is 3.08. The van der Waals surface area contributed by atoms with Crippen molar-refractivity contribution in [3.8, 4) is 5.88 Å². The molecule has 1 aliphatic carbocycles. The van der Waals surface area contributed by atoms with Gasteiger partial charge in [0.1, 0.15) is 18.1 Å². The molecule has 1 atom stereocenters. The van der Waals surface area contributed by atoms with Gasteiger partial charge >= 0.3 is 5.69 Å². The van der Waals surface area contributed by atoms with Gasteiger partial charge in [-0.1, -0.05) is 0 Å². The summed E-state index contributed by atoms with van der Waals surface area (Å²) in [7, 11) is 0. The number of nitrogen functional groups attached to an aromatic ring is 1. The van der Waals surface area contributed by atoms with E-state index < -0.39 is 5.69 Å². The Morgan fingerprint density at radius 2 is 2.24 bits per heavy atom. The molecule has 0 aromatic carbocycles. The molecule has 0 bridgehead atoms. The molecule has 3 aromatic heterocycles. The van der Waals surface area contributed by atoms with E-state index in [0.29, 0.717) is 30.6 Å². The van der Waals surface area contributed by atoms with E-state index >= 15 is 0 Å². The van der Waals surface area contributed by atoms with E-state index in [9.17, 15) is 4.79 Å². The maximum Gasteiger partial charge on any atom is 0.349 e. The highest BCUT2D eigenvalue weighted by Gasteiger charge is 2.34. The lowest BCUT2D eigenvalue weighted by molar-refractivity contribution is 0.312. The Hall–Kier alpha value is -2.87. The fourth-order valence-electron chi connectivity index (χ4n) is 3.59. The van der Waals surface area contributed by atoms with Gasteiger partial charge in [-0.15, -0.1) is 0 Å². The molecular formula is C17H18N6O2. The Labute approximate surface area is 143 Å². The molecule has 2 aliphatic rings. The number of H-pyrrole nitrogens is 1. The third kappa shape index (κ3) is 2.29. The van der Waals surface area contributed by atoms with Crippen molar-refractivity contribution < 1.29 is 4.74 Å². The van der Waals surface area contributed by atoms with Crippen LogP contribution in [0.2, 0.25) is 0 Å². The monoisotopic (exact) mass is 338 g/mol. The van der Waals surface area contributed by atoms with Crippen molar-refractivity contribution in [1.29, 1.82) is 0 Å². The largest absolute Gasteiger partial charge is 0.476 e. The van der Waals surface area contributed by atoms with Crippen LogP contribution in [-0.2, 0) is 0 Å². The van der Waals surface area contributed by atoms with Crippen molar-refractivity contribution in [3.63, 3.8) is 0 Å². The van der Waals surface area contributed by atoms with Crippen LogP contribution in [-0.4, -0.2) is 32.7 Å². The first-order valence-corrected chi connectivity index (χ1v) is 8.44. The molecule has 8 heteroatoms.